The van der Waals surface area contributed by atoms with Crippen molar-refractivity contribution in [2.24, 2.45) is 0 Å². The van der Waals surface area contributed by atoms with Crippen molar-refractivity contribution in [1.82, 2.24) is 9.78 Å². The van der Waals surface area contributed by atoms with Gasteiger partial charge in [0.1, 0.15) is 17.3 Å². The van der Waals surface area contributed by atoms with Crippen LogP contribution < -0.4 is 10.5 Å². The molecule has 1 aromatic heterocycles. The van der Waals surface area contributed by atoms with Crippen LogP contribution in [0.2, 0.25) is 0 Å². The molecule has 96 valence electrons. The molecule has 0 bridgehead atoms. The Morgan fingerprint density at radius 2 is 2.22 bits per heavy atom. The molecule has 2 aromatic rings. The fourth-order valence-electron chi connectivity index (χ4n) is 1.56. The van der Waals surface area contributed by atoms with E-state index in [2.05, 4.69) is 21.0 Å². The third-order valence-electron chi connectivity index (χ3n) is 2.52. The molecule has 2 rings (SSSR count). The molecule has 0 saturated heterocycles. The summed E-state index contributed by atoms with van der Waals surface area (Å²) < 4.78 is 21.1. The Labute approximate surface area is 113 Å². The van der Waals surface area contributed by atoms with E-state index in [9.17, 15) is 4.39 Å². The van der Waals surface area contributed by atoms with Crippen LogP contribution in [0.15, 0.2) is 22.7 Å². The molecule has 0 aliphatic rings. The van der Waals surface area contributed by atoms with Crippen molar-refractivity contribution >= 4 is 21.6 Å². The number of anilines is 1. The smallest absolute Gasteiger partial charge is 0.241 e. The van der Waals surface area contributed by atoms with Gasteiger partial charge in [-0.25, -0.2) is 9.07 Å². The first-order chi connectivity index (χ1) is 8.52. The van der Waals surface area contributed by atoms with Gasteiger partial charge < -0.3 is 10.5 Å². The Kier molecular flexibility index (Phi) is 3.56. The number of ether oxygens (including phenoxy) is 1. The third-order valence-corrected chi connectivity index (χ3v) is 3.18. The van der Waals surface area contributed by atoms with Crippen molar-refractivity contribution in [3.05, 3.63) is 34.2 Å². The largest absolute Gasteiger partial charge is 0.436 e. The maximum atomic E-state index is 13.2. The van der Waals surface area contributed by atoms with Gasteiger partial charge >= 0.3 is 0 Å². The highest BCUT2D eigenvalue weighted by molar-refractivity contribution is 9.10. The second kappa shape index (κ2) is 4.97. The average Bonchev–Trinajstić information content (AvgIpc) is 2.61. The van der Waals surface area contributed by atoms with Gasteiger partial charge in [0, 0.05) is 12.6 Å². The molecule has 0 amide bonds. The minimum absolute atomic E-state index is 0.369. The Balaban J connectivity index is 2.42. The van der Waals surface area contributed by atoms with E-state index in [0.717, 1.165) is 0 Å². The van der Waals surface area contributed by atoms with Crippen molar-refractivity contribution in [1.29, 1.82) is 0 Å². The summed E-state index contributed by atoms with van der Waals surface area (Å²) >= 11 is 3.30. The first kappa shape index (κ1) is 12.9. The fraction of sp³-hybridized carbons (Fsp3) is 0.250. The molecule has 0 spiro atoms. The highest BCUT2D eigenvalue weighted by atomic mass is 79.9. The van der Waals surface area contributed by atoms with Crippen molar-refractivity contribution in [2.45, 2.75) is 20.4 Å². The predicted octanol–water partition coefficient (Wildman–Crippen LogP) is 3.49. The van der Waals surface area contributed by atoms with E-state index in [1.165, 1.54) is 12.1 Å². The molecule has 0 radical (unpaired) electrons. The van der Waals surface area contributed by atoms with E-state index in [-0.39, 0.29) is 5.82 Å². The lowest BCUT2D eigenvalue weighted by Crippen LogP contribution is -2.01. The van der Waals surface area contributed by atoms with Crippen LogP contribution in [0, 0.1) is 12.7 Å². The normalized spacial score (nSPS) is 10.7. The van der Waals surface area contributed by atoms with Crippen molar-refractivity contribution < 1.29 is 9.13 Å². The van der Waals surface area contributed by atoms with Crippen molar-refractivity contribution in [2.75, 3.05) is 5.73 Å². The molecule has 0 aliphatic heterocycles. The van der Waals surface area contributed by atoms with E-state index < -0.39 is 0 Å². The Bertz CT molecular complexity index is 583. The van der Waals surface area contributed by atoms with E-state index in [1.54, 1.807) is 17.7 Å². The Morgan fingerprint density at radius 3 is 2.89 bits per heavy atom. The SMILES string of the molecule is CCn1nc(C)c(N)c1Oc1cc(F)ccc1Br. The predicted molar refractivity (Wildman–Crippen MR) is 71.2 cm³/mol. The zero-order chi connectivity index (χ0) is 13.3. The average molecular weight is 314 g/mol. The minimum Gasteiger partial charge on any atom is -0.436 e. The Morgan fingerprint density at radius 1 is 1.50 bits per heavy atom. The summed E-state index contributed by atoms with van der Waals surface area (Å²) in [6, 6.07) is 4.23. The van der Waals surface area contributed by atoms with Gasteiger partial charge in [0.25, 0.3) is 0 Å². The lowest BCUT2D eigenvalue weighted by Gasteiger charge is -2.09. The number of nitrogens with two attached hydrogens (primary N) is 1. The molecule has 4 nitrogen and oxygen atoms in total. The number of aromatic nitrogens is 2. The standard InChI is InChI=1S/C12H13BrFN3O/c1-3-17-12(11(15)7(2)16-17)18-10-6-8(14)4-5-9(10)13/h4-6H,3,15H2,1-2H3. The van der Waals surface area contributed by atoms with Gasteiger partial charge in [0.15, 0.2) is 0 Å². The van der Waals surface area contributed by atoms with Crippen LogP contribution in [0.5, 0.6) is 11.6 Å². The van der Waals surface area contributed by atoms with Gasteiger partial charge in [-0.2, -0.15) is 5.10 Å². The van der Waals surface area contributed by atoms with E-state index in [4.69, 9.17) is 10.5 Å². The number of hydrogen-bond acceptors (Lipinski definition) is 3. The zero-order valence-corrected chi connectivity index (χ0v) is 11.7. The van der Waals surface area contributed by atoms with Gasteiger partial charge in [0.2, 0.25) is 5.88 Å². The summed E-state index contributed by atoms with van der Waals surface area (Å²) in [5.41, 5.74) is 7.06. The first-order valence-electron chi connectivity index (χ1n) is 5.48. The number of rotatable bonds is 3. The molecule has 2 N–H and O–H groups in total. The lowest BCUT2D eigenvalue weighted by atomic mass is 10.3. The summed E-state index contributed by atoms with van der Waals surface area (Å²) in [5, 5.41) is 4.23. The van der Waals surface area contributed by atoms with Gasteiger partial charge in [-0.15, -0.1) is 0 Å². The topological polar surface area (TPSA) is 53.1 Å². The van der Waals surface area contributed by atoms with Gasteiger partial charge in [-0.1, -0.05) is 0 Å². The van der Waals surface area contributed by atoms with E-state index >= 15 is 0 Å². The zero-order valence-electron chi connectivity index (χ0n) is 10.1. The number of nitrogen functional groups attached to an aromatic ring is 1. The number of hydrogen-bond donors (Lipinski definition) is 1. The third kappa shape index (κ3) is 2.33. The number of nitrogens with zero attached hydrogens (tertiary/aromatic N) is 2. The number of aryl methyl sites for hydroxylation is 2. The molecule has 0 fully saturated rings. The molecule has 1 heterocycles. The summed E-state index contributed by atoms with van der Waals surface area (Å²) in [7, 11) is 0. The monoisotopic (exact) mass is 313 g/mol. The van der Waals surface area contributed by atoms with Gasteiger partial charge in [0.05, 0.1) is 10.2 Å². The quantitative estimate of drug-likeness (QED) is 0.943. The van der Waals surface area contributed by atoms with Crippen LogP contribution >= 0.6 is 15.9 Å². The number of halogens is 2. The van der Waals surface area contributed by atoms with Crippen LogP contribution in [-0.2, 0) is 6.54 Å². The molecular weight excluding hydrogens is 301 g/mol. The molecule has 18 heavy (non-hydrogen) atoms. The summed E-state index contributed by atoms with van der Waals surface area (Å²) in [6.45, 7) is 4.36. The molecule has 0 unspecified atom stereocenters. The summed E-state index contributed by atoms with van der Waals surface area (Å²) in [4.78, 5) is 0. The fourth-order valence-corrected chi connectivity index (χ4v) is 1.88. The molecule has 0 saturated carbocycles. The van der Waals surface area contributed by atoms with Crippen LogP contribution in [0.25, 0.3) is 0 Å². The van der Waals surface area contributed by atoms with Crippen molar-refractivity contribution in [3.8, 4) is 11.6 Å². The maximum Gasteiger partial charge on any atom is 0.241 e. The van der Waals surface area contributed by atoms with E-state index in [1.807, 2.05) is 6.92 Å². The maximum absolute atomic E-state index is 13.2. The lowest BCUT2D eigenvalue weighted by molar-refractivity contribution is 0.413. The summed E-state index contributed by atoms with van der Waals surface area (Å²) in [5.74, 6) is 0.434. The highest BCUT2D eigenvalue weighted by Gasteiger charge is 2.15. The Hall–Kier alpha value is -1.56. The van der Waals surface area contributed by atoms with Crippen LogP contribution in [0.4, 0.5) is 10.1 Å². The highest BCUT2D eigenvalue weighted by Crippen LogP contribution is 2.34. The minimum atomic E-state index is -0.369. The first-order valence-corrected chi connectivity index (χ1v) is 6.28. The van der Waals surface area contributed by atoms with Gasteiger partial charge in [-0.3, -0.25) is 0 Å². The van der Waals surface area contributed by atoms with Crippen LogP contribution in [0.1, 0.15) is 12.6 Å². The molecule has 0 atom stereocenters. The second-order valence-electron chi connectivity index (χ2n) is 3.80. The molecule has 6 heteroatoms. The summed E-state index contributed by atoms with van der Waals surface area (Å²) in [6.07, 6.45) is 0. The van der Waals surface area contributed by atoms with Crippen LogP contribution in [0.3, 0.4) is 0 Å². The molecule has 0 aliphatic carbocycles. The van der Waals surface area contributed by atoms with Crippen LogP contribution in [-0.4, -0.2) is 9.78 Å². The molecular formula is C12H13BrFN3O. The second-order valence-corrected chi connectivity index (χ2v) is 4.65. The number of benzene rings is 1. The van der Waals surface area contributed by atoms with Gasteiger partial charge in [-0.05, 0) is 41.9 Å². The van der Waals surface area contributed by atoms with E-state index in [0.29, 0.717) is 34.0 Å². The van der Waals surface area contributed by atoms with Crippen molar-refractivity contribution in [3.63, 3.8) is 0 Å². The molecule has 1 aromatic carbocycles.